The number of nitrogens with zero attached hydrogens (tertiary/aromatic N) is 2. The molecule has 130 valence electrons. The number of likely N-dealkylation sites (tertiary alicyclic amines) is 1. The Hall–Kier alpha value is -0.370. The van der Waals surface area contributed by atoms with E-state index in [9.17, 15) is 13.2 Å². The molecule has 22 heavy (non-hydrogen) atoms. The molecule has 0 saturated carbocycles. The number of hydrogen-bond donors (Lipinski definition) is 1. The summed E-state index contributed by atoms with van der Waals surface area (Å²) in [6.45, 7) is 6.65. The van der Waals surface area contributed by atoms with Gasteiger partial charge in [0.25, 0.3) is 0 Å². The Balaban J connectivity index is 0.00000242. The molecule has 2 unspecified atom stereocenters. The number of piperidine rings is 1. The third-order valence-corrected chi connectivity index (χ3v) is 6.70. The molecule has 0 aromatic rings. The Morgan fingerprint density at radius 1 is 1.36 bits per heavy atom. The van der Waals surface area contributed by atoms with Gasteiger partial charge in [0.15, 0.2) is 0 Å². The second-order valence-corrected chi connectivity index (χ2v) is 8.88. The lowest BCUT2D eigenvalue weighted by Crippen LogP contribution is -2.47. The molecule has 2 atom stereocenters. The van der Waals surface area contributed by atoms with Crippen LogP contribution < -0.4 is 5.73 Å². The van der Waals surface area contributed by atoms with Gasteiger partial charge in [0.2, 0.25) is 15.9 Å². The van der Waals surface area contributed by atoms with Gasteiger partial charge < -0.3 is 10.6 Å². The maximum Gasteiger partial charge on any atom is 0.227 e. The van der Waals surface area contributed by atoms with E-state index < -0.39 is 10.0 Å². The Bertz CT molecular complexity index is 500. The van der Waals surface area contributed by atoms with Crippen LogP contribution in [0.2, 0.25) is 0 Å². The number of carbonyl (C=O) groups is 1. The molecule has 2 rings (SSSR count). The summed E-state index contributed by atoms with van der Waals surface area (Å²) in [6.07, 6.45) is 2.47. The number of halogens is 1. The smallest absolute Gasteiger partial charge is 0.227 e. The number of nitrogens with two attached hydrogens (primary N) is 1. The molecule has 2 heterocycles. The molecule has 2 aliphatic rings. The molecule has 0 aromatic carbocycles. The van der Waals surface area contributed by atoms with Gasteiger partial charge in [-0.15, -0.1) is 12.4 Å². The van der Waals surface area contributed by atoms with Crippen LogP contribution >= 0.6 is 12.4 Å². The number of amides is 1. The lowest BCUT2D eigenvalue weighted by atomic mass is 9.90. The lowest BCUT2D eigenvalue weighted by molar-refractivity contribution is -0.136. The predicted molar refractivity (Wildman–Crippen MR) is 89.4 cm³/mol. The van der Waals surface area contributed by atoms with Crippen molar-refractivity contribution in [2.45, 2.75) is 33.1 Å². The maximum absolute atomic E-state index is 12.6. The van der Waals surface area contributed by atoms with Gasteiger partial charge in [0, 0.05) is 26.2 Å². The van der Waals surface area contributed by atoms with Crippen LogP contribution in [0, 0.1) is 11.3 Å². The highest BCUT2D eigenvalue weighted by Gasteiger charge is 2.39. The summed E-state index contributed by atoms with van der Waals surface area (Å²) < 4.78 is 25.4. The van der Waals surface area contributed by atoms with Crippen LogP contribution in [0.5, 0.6) is 0 Å². The Labute approximate surface area is 139 Å². The van der Waals surface area contributed by atoms with E-state index in [0.29, 0.717) is 26.2 Å². The first-order valence-corrected chi connectivity index (χ1v) is 9.39. The SMILES string of the molecule is CCS(=O)(=O)N1CCCC(C(=O)N2CCC(C)(CN)C2)C1.Cl. The minimum absolute atomic E-state index is 0. The molecule has 1 amide bonds. The van der Waals surface area contributed by atoms with Gasteiger partial charge in [0.1, 0.15) is 0 Å². The lowest BCUT2D eigenvalue weighted by Gasteiger charge is -2.33. The van der Waals surface area contributed by atoms with Crippen LogP contribution in [-0.2, 0) is 14.8 Å². The van der Waals surface area contributed by atoms with E-state index in [2.05, 4.69) is 6.92 Å². The predicted octanol–water partition coefficient (Wildman–Crippen LogP) is 0.667. The highest BCUT2D eigenvalue weighted by molar-refractivity contribution is 7.89. The fraction of sp³-hybridized carbons (Fsp3) is 0.929. The summed E-state index contributed by atoms with van der Waals surface area (Å²) >= 11 is 0. The van der Waals surface area contributed by atoms with Crippen molar-refractivity contribution in [2.24, 2.45) is 17.1 Å². The third-order valence-electron chi connectivity index (χ3n) is 4.85. The summed E-state index contributed by atoms with van der Waals surface area (Å²) in [5.41, 5.74) is 5.79. The molecule has 2 N–H and O–H groups in total. The van der Waals surface area contributed by atoms with Gasteiger partial charge in [0.05, 0.1) is 11.7 Å². The Morgan fingerprint density at radius 2 is 2.05 bits per heavy atom. The number of hydrogen-bond acceptors (Lipinski definition) is 4. The molecular formula is C14H28ClN3O3S. The fourth-order valence-corrected chi connectivity index (χ4v) is 4.40. The Kier molecular flexibility index (Phi) is 6.68. The zero-order chi connectivity index (χ0) is 15.7. The minimum Gasteiger partial charge on any atom is -0.342 e. The average Bonchev–Trinajstić information content (AvgIpc) is 2.90. The van der Waals surface area contributed by atoms with Gasteiger partial charge in [-0.3, -0.25) is 4.79 Å². The van der Waals surface area contributed by atoms with Crippen LogP contribution in [0.3, 0.4) is 0 Å². The van der Waals surface area contributed by atoms with Gasteiger partial charge in [-0.2, -0.15) is 0 Å². The van der Waals surface area contributed by atoms with Crippen LogP contribution in [0.15, 0.2) is 0 Å². The van der Waals surface area contributed by atoms with E-state index in [1.807, 2.05) is 4.90 Å². The molecule has 2 saturated heterocycles. The van der Waals surface area contributed by atoms with E-state index in [1.165, 1.54) is 4.31 Å². The molecule has 0 radical (unpaired) electrons. The highest BCUT2D eigenvalue weighted by atomic mass is 35.5. The third kappa shape index (κ3) is 4.13. The van der Waals surface area contributed by atoms with Crippen LogP contribution in [0.4, 0.5) is 0 Å². The normalized spacial score (nSPS) is 30.1. The van der Waals surface area contributed by atoms with Crippen molar-refractivity contribution in [3.8, 4) is 0 Å². The van der Waals surface area contributed by atoms with E-state index in [0.717, 1.165) is 25.8 Å². The van der Waals surface area contributed by atoms with Gasteiger partial charge in [-0.25, -0.2) is 12.7 Å². The summed E-state index contributed by atoms with van der Waals surface area (Å²) in [6, 6.07) is 0. The summed E-state index contributed by atoms with van der Waals surface area (Å²) in [4.78, 5) is 14.5. The molecule has 6 nitrogen and oxygen atoms in total. The first-order valence-electron chi connectivity index (χ1n) is 7.78. The monoisotopic (exact) mass is 353 g/mol. The summed E-state index contributed by atoms with van der Waals surface area (Å²) in [7, 11) is -3.20. The van der Waals surface area contributed by atoms with Crippen molar-refractivity contribution in [1.29, 1.82) is 0 Å². The van der Waals surface area contributed by atoms with Gasteiger partial charge in [-0.05, 0) is 38.1 Å². The first kappa shape index (κ1) is 19.7. The molecule has 0 bridgehead atoms. The molecular weight excluding hydrogens is 326 g/mol. The quantitative estimate of drug-likeness (QED) is 0.805. The second-order valence-electron chi connectivity index (χ2n) is 6.62. The van der Waals surface area contributed by atoms with Crippen molar-refractivity contribution in [1.82, 2.24) is 9.21 Å². The van der Waals surface area contributed by atoms with Gasteiger partial charge in [-0.1, -0.05) is 6.92 Å². The molecule has 8 heteroatoms. The van der Waals surface area contributed by atoms with Gasteiger partial charge >= 0.3 is 0 Å². The van der Waals surface area contributed by atoms with E-state index in [4.69, 9.17) is 5.73 Å². The van der Waals surface area contributed by atoms with Crippen molar-refractivity contribution in [3.63, 3.8) is 0 Å². The molecule has 2 fully saturated rings. The first-order chi connectivity index (χ1) is 9.81. The largest absolute Gasteiger partial charge is 0.342 e. The van der Waals surface area contributed by atoms with Crippen LogP contribution in [0.25, 0.3) is 0 Å². The number of sulfonamides is 1. The number of rotatable bonds is 4. The van der Waals surface area contributed by atoms with E-state index >= 15 is 0 Å². The van der Waals surface area contributed by atoms with E-state index in [-0.39, 0.29) is 35.4 Å². The molecule has 2 aliphatic heterocycles. The minimum atomic E-state index is -3.20. The van der Waals surface area contributed by atoms with Crippen molar-refractivity contribution in [2.75, 3.05) is 38.5 Å². The topological polar surface area (TPSA) is 83.7 Å². The average molecular weight is 354 g/mol. The van der Waals surface area contributed by atoms with Crippen molar-refractivity contribution < 1.29 is 13.2 Å². The fourth-order valence-electron chi connectivity index (χ4n) is 3.22. The highest BCUT2D eigenvalue weighted by Crippen LogP contribution is 2.31. The maximum atomic E-state index is 12.6. The Morgan fingerprint density at radius 3 is 2.59 bits per heavy atom. The molecule has 0 aromatic heterocycles. The molecule has 0 aliphatic carbocycles. The zero-order valence-electron chi connectivity index (χ0n) is 13.5. The van der Waals surface area contributed by atoms with Crippen LogP contribution in [0.1, 0.15) is 33.1 Å². The molecule has 0 spiro atoms. The number of carbonyl (C=O) groups excluding carboxylic acids is 1. The van der Waals surface area contributed by atoms with E-state index in [1.54, 1.807) is 6.92 Å². The summed E-state index contributed by atoms with van der Waals surface area (Å²) in [5.74, 6) is 0.00597. The van der Waals surface area contributed by atoms with Crippen molar-refractivity contribution >= 4 is 28.3 Å². The van der Waals surface area contributed by atoms with Crippen molar-refractivity contribution in [3.05, 3.63) is 0 Å². The van der Waals surface area contributed by atoms with Crippen LogP contribution in [-0.4, -0.2) is 62.0 Å². The summed E-state index contributed by atoms with van der Waals surface area (Å²) in [5, 5.41) is 0. The zero-order valence-corrected chi connectivity index (χ0v) is 15.1. The standard InChI is InChI=1S/C14H27N3O3S.ClH/c1-3-21(19,20)17-7-4-5-12(9-17)13(18)16-8-6-14(2,10-15)11-16;/h12H,3-11,15H2,1-2H3;1H. The second kappa shape index (κ2) is 7.47.